The summed E-state index contributed by atoms with van der Waals surface area (Å²) in [6.45, 7) is 3.82. The molecule has 0 unspecified atom stereocenters. The van der Waals surface area contributed by atoms with E-state index >= 15 is 0 Å². The third kappa shape index (κ3) is 1.98. The summed E-state index contributed by atoms with van der Waals surface area (Å²) < 4.78 is 2.88. The molecule has 0 amide bonds. The summed E-state index contributed by atoms with van der Waals surface area (Å²) in [5.74, 6) is 0.440. The number of benzene rings is 1. The van der Waals surface area contributed by atoms with Crippen molar-refractivity contribution in [1.82, 2.24) is 4.57 Å². The molecule has 3 nitrogen and oxygen atoms in total. The molecule has 0 aliphatic heterocycles. The maximum atomic E-state index is 9.12. The largest absolute Gasteiger partial charge is 0.384 e. The molecule has 1 heterocycles. The van der Waals surface area contributed by atoms with Gasteiger partial charge in [0.25, 0.3) is 0 Å². The van der Waals surface area contributed by atoms with Crippen molar-refractivity contribution in [2.24, 2.45) is 0 Å². The Balaban J connectivity index is 2.77. The number of halogens is 2. The van der Waals surface area contributed by atoms with Gasteiger partial charge in [0.2, 0.25) is 0 Å². The lowest BCUT2D eigenvalue weighted by Crippen LogP contribution is -2.03. The SMILES string of the molecule is Cc1c(C#N)c(N)n(-c2ccc(I)cc2Cl)c1C. The normalized spacial score (nSPS) is 10.4. The molecule has 1 aromatic heterocycles. The van der Waals surface area contributed by atoms with Crippen LogP contribution in [0.1, 0.15) is 16.8 Å². The standard InChI is InChI=1S/C13H11ClIN3/c1-7-8(2)18(13(17)10(7)6-16)12-4-3-9(15)5-11(12)14/h3-5H,17H2,1-2H3. The Morgan fingerprint density at radius 3 is 2.56 bits per heavy atom. The number of rotatable bonds is 1. The molecule has 0 spiro atoms. The van der Waals surface area contributed by atoms with Crippen LogP contribution in [0.15, 0.2) is 18.2 Å². The van der Waals surface area contributed by atoms with Crippen LogP contribution in [0.2, 0.25) is 5.02 Å². The van der Waals surface area contributed by atoms with Crippen LogP contribution in [0.5, 0.6) is 0 Å². The van der Waals surface area contributed by atoms with E-state index in [-0.39, 0.29) is 0 Å². The molecule has 0 aliphatic carbocycles. The van der Waals surface area contributed by atoms with Crippen molar-refractivity contribution in [3.05, 3.63) is 43.6 Å². The first-order valence-electron chi connectivity index (χ1n) is 5.30. The minimum Gasteiger partial charge on any atom is -0.384 e. The van der Waals surface area contributed by atoms with Gasteiger partial charge in [0.05, 0.1) is 16.3 Å². The zero-order chi connectivity index (χ0) is 13.4. The van der Waals surface area contributed by atoms with Gasteiger partial charge >= 0.3 is 0 Å². The third-order valence-electron chi connectivity index (χ3n) is 3.01. The van der Waals surface area contributed by atoms with E-state index in [1.807, 2.05) is 36.6 Å². The number of nitriles is 1. The Hall–Kier alpha value is -1.19. The molecule has 2 aromatic rings. The molecule has 5 heteroatoms. The van der Waals surface area contributed by atoms with Gasteiger partial charge in [0.15, 0.2) is 0 Å². The summed E-state index contributed by atoms with van der Waals surface area (Å²) in [5, 5.41) is 9.74. The maximum Gasteiger partial charge on any atom is 0.126 e. The lowest BCUT2D eigenvalue weighted by atomic mass is 10.2. The van der Waals surface area contributed by atoms with E-state index in [0.29, 0.717) is 16.4 Å². The first-order valence-corrected chi connectivity index (χ1v) is 6.76. The van der Waals surface area contributed by atoms with E-state index < -0.39 is 0 Å². The summed E-state index contributed by atoms with van der Waals surface area (Å²) in [5.41, 5.74) is 9.18. The summed E-state index contributed by atoms with van der Waals surface area (Å²) in [4.78, 5) is 0. The van der Waals surface area contributed by atoms with Gasteiger partial charge in [-0.3, -0.25) is 4.57 Å². The zero-order valence-corrected chi connectivity index (χ0v) is 12.9. The minimum atomic E-state index is 0.440. The van der Waals surface area contributed by atoms with E-state index in [1.54, 1.807) is 0 Å². The summed E-state index contributed by atoms with van der Waals surface area (Å²) in [6.07, 6.45) is 0. The average molecular weight is 372 g/mol. The first kappa shape index (κ1) is 13.2. The van der Waals surface area contributed by atoms with Crippen LogP contribution in [0, 0.1) is 28.7 Å². The van der Waals surface area contributed by atoms with Crippen LogP contribution < -0.4 is 5.73 Å². The van der Waals surface area contributed by atoms with Crippen LogP contribution in [0.4, 0.5) is 5.82 Å². The second-order valence-electron chi connectivity index (χ2n) is 4.01. The van der Waals surface area contributed by atoms with Crippen molar-refractivity contribution in [3.8, 4) is 11.8 Å². The van der Waals surface area contributed by atoms with E-state index in [1.165, 1.54) is 0 Å². The molecule has 2 N–H and O–H groups in total. The smallest absolute Gasteiger partial charge is 0.126 e. The molecule has 0 atom stereocenters. The fourth-order valence-corrected chi connectivity index (χ4v) is 2.89. The first-order chi connectivity index (χ1) is 8.47. The molecule has 18 heavy (non-hydrogen) atoms. The number of anilines is 1. The monoisotopic (exact) mass is 371 g/mol. The fraction of sp³-hybridized carbons (Fsp3) is 0.154. The molecule has 0 bridgehead atoms. The van der Waals surface area contributed by atoms with Gasteiger partial charge in [-0.1, -0.05) is 11.6 Å². The highest BCUT2D eigenvalue weighted by molar-refractivity contribution is 14.1. The predicted molar refractivity (Wildman–Crippen MR) is 82.1 cm³/mol. The van der Waals surface area contributed by atoms with Crippen LogP contribution in [0.3, 0.4) is 0 Å². The van der Waals surface area contributed by atoms with Gasteiger partial charge < -0.3 is 5.73 Å². The van der Waals surface area contributed by atoms with Crippen molar-refractivity contribution in [3.63, 3.8) is 0 Å². The molecular weight excluding hydrogens is 361 g/mol. The van der Waals surface area contributed by atoms with E-state index in [2.05, 4.69) is 28.7 Å². The second kappa shape index (κ2) is 4.82. The Bertz CT molecular complexity index is 668. The number of aromatic nitrogens is 1. The fourth-order valence-electron chi connectivity index (χ4n) is 1.95. The molecular formula is C13H11ClIN3. The molecule has 0 saturated heterocycles. The lowest BCUT2D eigenvalue weighted by molar-refractivity contribution is 1.02. The van der Waals surface area contributed by atoms with Crippen LogP contribution in [-0.2, 0) is 0 Å². The summed E-state index contributed by atoms with van der Waals surface area (Å²) >= 11 is 8.45. The molecule has 0 fully saturated rings. The Kier molecular flexibility index (Phi) is 3.55. The lowest BCUT2D eigenvalue weighted by Gasteiger charge is -2.11. The van der Waals surface area contributed by atoms with Gasteiger partial charge in [-0.15, -0.1) is 0 Å². The Labute approximate surface area is 124 Å². The van der Waals surface area contributed by atoms with E-state index in [4.69, 9.17) is 22.6 Å². The minimum absolute atomic E-state index is 0.440. The average Bonchev–Trinajstić information content (AvgIpc) is 2.52. The van der Waals surface area contributed by atoms with Gasteiger partial charge in [-0.25, -0.2) is 0 Å². The highest BCUT2D eigenvalue weighted by Gasteiger charge is 2.17. The Morgan fingerprint density at radius 1 is 1.39 bits per heavy atom. The molecule has 0 radical (unpaired) electrons. The molecule has 0 saturated carbocycles. The van der Waals surface area contributed by atoms with E-state index in [0.717, 1.165) is 20.5 Å². The second-order valence-corrected chi connectivity index (χ2v) is 5.67. The van der Waals surface area contributed by atoms with Crippen LogP contribution in [0.25, 0.3) is 5.69 Å². The van der Waals surface area contributed by atoms with E-state index in [9.17, 15) is 0 Å². The van der Waals surface area contributed by atoms with Gasteiger partial charge in [-0.05, 0) is 60.2 Å². The molecule has 92 valence electrons. The topological polar surface area (TPSA) is 54.7 Å². The van der Waals surface area contributed by atoms with Crippen molar-refractivity contribution < 1.29 is 0 Å². The predicted octanol–water partition coefficient (Wildman–Crippen LogP) is 3.81. The number of nitrogens with two attached hydrogens (primary N) is 1. The van der Waals surface area contributed by atoms with Crippen molar-refractivity contribution in [2.75, 3.05) is 5.73 Å². The van der Waals surface area contributed by atoms with Gasteiger partial charge in [-0.2, -0.15) is 5.26 Å². The molecule has 2 rings (SSSR count). The van der Waals surface area contributed by atoms with Gasteiger partial charge in [0, 0.05) is 9.26 Å². The molecule has 0 aliphatic rings. The van der Waals surface area contributed by atoms with Crippen molar-refractivity contribution in [2.45, 2.75) is 13.8 Å². The summed E-state index contributed by atoms with van der Waals surface area (Å²) in [7, 11) is 0. The quantitative estimate of drug-likeness (QED) is 0.775. The number of hydrogen-bond acceptors (Lipinski definition) is 2. The number of nitrogen functional groups attached to an aromatic ring is 1. The highest BCUT2D eigenvalue weighted by atomic mass is 127. The zero-order valence-electron chi connectivity index (χ0n) is 9.96. The Morgan fingerprint density at radius 2 is 2.06 bits per heavy atom. The van der Waals surface area contributed by atoms with Crippen LogP contribution >= 0.6 is 34.2 Å². The molecule has 1 aromatic carbocycles. The van der Waals surface area contributed by atoms with Crippen molar-refractivity contribution in [1.29, 1.82) is 5.26 Å². The maximum absolute atomic E-state index is 9.12. The van der Waals surface area contributed by atoms with Crippen LogP contribution in [-0.4, -0.2) is 4.57 Å². The number of nitrogens with zero attached hydrogens (tertiary/aromatic N) is 2. The third-order valence-corrected chi connectivity index (χ3v) is 3.99. The highest BCUT2D eigenvalue weighted by Crippen LogP contribution is 2.31. The number of hydrogen-bond donors (Lipinski definition) is 1. The van der Waals surface area contributed by atoms with Gasteiger partial charge in [0.1, 0.15) is 11.9 Å². The van der Waals surface area contributed by atoms with Crippen molar-refractivity contribution >= 4 is 40.0 Å². The summed E-state index contributed by atoms with van der Waals surface area (Å²) in [6, 6.07) is 7.88.